The van der Waals surface area contributed by atoms with Gasteiger partial charge < -0.3 is 0 Å². The fraction of sp³-hybridized carbons (Fsp3) is 0.200. The minimum atomic E-state index is -4.54. The number of benzene rings is 3. The molecule has 168 valence electrons. The third-order valence-corrected chi connectivity index (χ3v) is 5.96. The van der Waals surface area contributed by atoms with Gasteiger partial charge in [-0.2, -0.15) is 13.2 Å². The molecule has 2 aliphatic heterocycles. The minimum absolute atomic E-state index is 0.0789. The van der Waals surface area contributed by atoms with Crippen LogP contribution in [0.25, 0.3) is 0 Å². The van der Waals surface area contributed by atoms with Gasteiger partial charge in [0.25, 0.3) is 5.91 Å². The maximum Gasteiger partial charge on any atom is 0.416 e. The Hall–Kier alpha value is -3.65. The monoisotopic (exact) mass is 452 g/mol. The molecule has 33 heavy (non-hydrogen) atoms. The number of halogens is 3. The third-order valence-electron chi connectivity index (χ3n) is 5.96. The third kappa shape index (κ3) is 3.76. The van der Waals surface area contributed by atoms with Crippen LogP contribution in [0.4, 0.5) is 18.9 Å². The Bertz CT molecular complexity index is 1180. The molecule has 2 amide bonds. The van der Waals surface area contributed by atoms with E-state index in [2.05, 4.69) is 0 Å². The number of alkyl halides is 3. The molecule has 0 unspecified atom stereocenters. The van der Waals surface area contributed by atoms with Gasteiger partial charge in [0.15, 0.2) is 6.10 Å². The van der Waals surface area contributed by atoms with Crippen LogP contribution in [0.5, 0.6) is 0 Å². The molecule has 0 radical (unpaired) electrons. The normalized spacial score (nSPS) is 22.7. The van der Waals surface area contributed by atoms with Crippen molar-refractivity contribution in [2.75, 3.05) is 5.06 Å². The fourth-order valence-electron chi connectivity index (χ4n) is 4.43. The van der Waals surface area contributed by atoms with Crippen LogP contribution >= 0.6 is 0 Å². The first kappa shape index (κ1) is 21.2. The number of nitrogens with zero attached hydrogens (tertiary/aromatic N) is 2. The second-order valence-corrected chi connectivity index (χ2v) is 8.03. The van der Waals surface area contributed by atoms with Gasteiger partial charge in [-0.25, -0.2) is 5.06 Å². The molecule has 0 bridgehead atoms. The van der Waals surface area contributed by atoms with E-state index in [1.165, 1.54) is 17.2 Å². The number of rotatable bonds is 4. The molecule has 2 heterocycles. The van der Waals surface area contributed by atoms with E-state index < -0.39 is 41.6 Å². The Morgan fingerprint density at radius 2 is 1.48 bits per heavy atom. The summed E-state index contributed by atoms with van der Waals surface area (Å²) in [5.74, 6) is -1.93. The number of hydroxylamine groups is 1. The molecule has 0 N–H and O–H groups in total. The lowest BCUT2D eigenvalue weighted by Gasteiger charge is -2.29. The van der Waals surface area contributed by atoms with Gasteiger partial charge in [0.2, 0.25) is 5.91 Å². The molecule has 5 nitrogen and oxygen atoms in total. The van der Waals surface area contributed by atoms with E-state index in [0.29, 0.717) is 5.69 Å². The average Bonchev–Trinajstić information content (AvgIpc) is 3.32. The molecular formula is C25H19F3N2O3. The summed E-state index contributed by atoms with van der Waals surface area (Å²) in [4.78, 5) is 33.7. The molecule has 0 spiro atoms. The minimum Gasteiger partial charge on any atom is -0.275 e. The van der Waals surface area contributed by atoms with Crippen molar-refractivity contribution < 1.29 is 27.6 Å². The second kappa shape index (κ2) is 8.04. The first-order valence-electron chi connectivity index (χ1n) is 10.4. The van der Waals surface area contributed by atoms with Crippen LogP contribution in [0, 0.1) is 5.92 Å². The Kier molecular flexibility index (Phi) is 5.17. The van der Waals surface area contributed by atoms with Crippen LogP contribution in [0.3, 0.4) is 0 Å². The predicted octanol–water partition coefficient (Wildman–Crippen LogP) is 4.75. The largest absolute Gasteiger partial charge is 0.416 e. The lowest BCUT2D eigenvalue weighted by atomic mass is 9.89. The van der Waals surface area contributed by atoms with Crippen LogP contribution in [0.2, 0.25) is 0 Å². The van der Waals surface area contributed by atoms with E-state index in [4.69, 9.17) is 4.84 Å². The zero-order valence-corrected chi connectivity index (χ0v) is 17.3. The zero-order chi connectivity index (χ0) is 23.2. The van der Waals surface area contributed by atoms with Gasteiger partial charge >= 0.3 is 6.18 Å². The summed E-state index contributed by atoms with van der Waals surface area (Å²) >= 11 is 0. The summed E-state index contributed by atoms with van der Waals surface area (Å²) < 4.78 is 40.2. The topological polar surface area (TPSA) is 49.9 Å². The summed E-state index contributed by atoms with van der Waals surface area (Å²) in [5, 5.41) is 1.39. The second-order valence-electron chi connectivity index (χ2n) is 8.03. The molecule has 2 aliphatic rings. The van der Waals surface area contributed by atoms with E-state index in [9.17, 15) is 22.8 Å². The van der Waals surface area contributed by atoms with Crippen LogP contribution in [0.1, 0.15) is 22.7 Å². The van der Waals surface area contributed by atoms with E-state index in [1.807, 2.05) is 6.07 Å². The molecule has 2 saturated heterocycles. The molecule has 3 aromatic rings. The van der Waals surface area contributed by atoms with Gasteiger partial charge in [0.1, 0.15) is 5.92 Å². The lowest BCUT2D eigenvalue weighted by molar-refractivity contribution is -0.143. The van der Waals surface area contributed by atoms with Crippen molar-refractivity contribution in [2.24, 2.45) is 5.92 Å². The van der Waals surface area contributed by atoms with Crippen LogP contribution in [-0.2, 0) is 27.1 Å². The van der Waals surface area contributed by atoms with E-state index in [0.717, 1.165) is 22.6 Å². The van der Waals surface area contributed by atoms with Crippen LogP contribution in [-0.4, -0.2) is 22.8 Å². The molecule has 2 fully saturated rings. The number of carbonyl (C=O) groups excluding carboxylic acids is 2. The highest BCUT2D eigenvalue weighted by atomic mass is 19.4. The highest BCUT2D eigenvalue weighted by molar-refractivity contribution is 6.07. The van der Waals surface area contributed by atoms with Gasteiger partial charge in [0, 0.05) is 0 Å². The summed E-state index contributed by atoms with van der Waals surface area (Å²) in [6, 6.07) is 21.7. The van der Waals surface area contributed by atoms with Crippen molar-refractivity contribution >= 4 is 17.5 Å². The number of carbonyl (C=O) groups is 2. The number of anilines is 1. The number of para-hydroxylation sites is 1. The molecule has 0 saturated carbocycles. The first-order valence-corrected chi connectivity index (χ1v) is 10.4. The number of imide groups is 1. The van der Waals surface area contributed by atoms with E-state index in [-0.39, 0.29) is 12.1 Å². The smallest absolute Gasteiger partial charge is 0.275 e. The summed E-state index contributed by atoms with van der Waals surface area (Å²) in [6.45, 7) is 0.0789. The predicted molar refractivity (Wildman–Crippen MR) is 113 cm³/mol. The Morgan fingerprint density at radius 3 is 2.15 bits per heavy atom. The Morgan fingerprint density at radius 1 is 0.818 bits per heavy atom. The quantitative estimate of drug-likeness (QED) is 0.536. The molecular weight excluding hydrogens is 433 g/mol. The average molecular weight is 452 g/mol. The summed E-state index contributed by atoms with van der Waals surface area (Å²) in [5.41, 5.74) is 0.748. The van der Waals surface area contributed by atoms with Gasteiger partial charge in [-0.3, -0.25) is 19.3 Å². The molecule has 8 heteroatoms. The first-order chi connectivity index (χ1) is 15.8. The van der Waals surface area contributed by atoms with Gasteiger partial charge in [-0.05, 0) is 35.4 Å². The SMILES string of the molecule is O=C1[C@@H]2[C@H](ON(c3ccccc3)[C@@H]2c2cccc(C(F)(F)F)c2)C(=O)N1Cc1ccccc1. The van der Waals surface area contributed by atoms with Crippen LogP contribution < -0.4 is 5.06 Å². The van der Waals surface area contributed by atoms with Gasteiger partial charge in [0.05, 0.1) is 23.8 Å². The maximum atomic E-state index is 13.4. The maximum absolute atomic E-state index is 13.4. The lowest BCUT2D eigenvalue weighted by Crippen LogP contribution is -2.37. The van der Waals surface area contributed by atoms with E-state index >= 15 is 0 Å². The molecule has 3 atom stereocenters. The van der Waals surface area contributed by atoms with Crippen molar-refractivity contribution in [1.29, 1.82) is 0 Å². The van der Waals surface area contributed by atoms with Crippen molar-refractivity contribution in [3.05, 3.63) is 102 Å². The summed E-state index contributed by atoms with van der Waals surface area (Å²) in [6.07, 6.45) is -5.65. The molecule has 5 rings (SSSR count). The molecule has 0 aromatic heterocycles. The number of hydrogen-bond acceptors (Lipinski definition) is 4. The Labute approximate surface area is 187 Å². The number of likely N-dealkylation sites (tertiary alicyclic amines) is 1. The van der Waals surface area contributed by atoms with Crippen molar-refractivity contribution in [3.63, 3.8) is 0 Å². The molecule has 3 aromatic carbocycles. The van der Waals surface area contributed by atoms with Crippen molar-refractivity contribution in [2.45, 2.75) is 24.9 Å². The number of amides is 2. The number of hydrogen-bond donors (Lipinski definition) is 0. The highest BCUT2D eigenvalue weighted by Crippen LogP contribution is 2.47. The Balaban J connectivity index is 1.55. The summed E-state index contributed by atoms with van der Waals surface area (Å²) in [7, 11) is 0. The van der Waals surface area contributed by atoms with Gasteiger partial charge in [-0.1, -0.05) is 60.7 Å². The zero-order valence-electron chi connectivity index (χ0n) is 17.3. The number of fused-ring (bicyclic) bond motifs is 1. The van der Waals surface area contributed by atoms with Crippen LogP contribution in [0.15, 0.2) is 84.9 Å². The van der Waals surface area contributed by atoms with Gasteiger partial charge in [-0.15, -0.1) is 0 Å². The van der Waals surface area contributed by atoms with E-state index in [1.54, 1.807) is 54.6 Å². The van der Waals surface area contributed by atoms with Crippen molar-refractivity contribution in [1.82, 2.24) is 4.90 Å². The molecule has 0 aliphatic carbocycles. The highest BCUT2D eigenvalue weighted by Gasteiger charge is 2.59. The van der Waals surface area contributed by atoms with Crippen molar-refractivity contribution in [3.8, 4) is 0 Å². The standard InChI is InChI=1S/C25H19F3N2O3/c26-25(27,28)18-11-7-10-17(14-18)21-20-22(33-30(21)19-12-5-2-6-13-19)24(32)29(23(20)31)15-16-8-3-1-4-9-16/h1-14,20-22H,15H2/t20-,21+,22-/m0/s1. The fourth-order valence-corrected chi connectivity index (χ4v) is 4.43.